The first kappa shape index (κ1) is 40.6. The van der Waals surface area contributed by atoms with E-state index >= 15 is 0 Å². The number of fused-ring (bicyclic) bond motifs is 9. The molecule has 0 aliphatic heterocycles. The van der Waals surface area contributed by atoms with Gasteiger partial charge in [0.25, 0.3) is 0 Å². The van der Waals surface area contributed by atoms with Gasteiger partial charge in [-0.2, -0.15) is 0 Å². The van der Waals surface area contributed by atoms with Crippen LogP contribution in [0, 0.1) is 0 Å². The number of hydrogen-bond donors (Lipinski definition) is 0. The summed E-state index contributed by atoms with van der Waals surface area (Å²) in [7, 11) is 0. The molecule has 0 spiro atoms. The Morgan fingerprint density at radius 1 is 0.268 bits per heavy atom. The van der Waals surface area contributed by atoms with Gasteiger partial charge in [0.15, 0.2) is 0 Å². The summed E-state index contributed by atoms with van der Waals surface area (Å²) in [6, 6.07) is 96.8. The number of benzene rings is 12. The van der Waals surface area contributed by atoms with Crippen LogP contribution in [0.4, 0.5) is 17.1 Å². The summed E-state index contributed by atoms with van der Waals surface area (Å²) in [4.78, 5) is 2.37. The van der Waals surface area contributed by atoms with Crippen molar-refractivity contribution in [2.24, 2.45) is 0 Å². The Morgan fingerprint density at radius 3 is 1.49 bits per heavy atom. The first-order valence-corrected chi connectivity index (χ1v) is 24.3. The molecular formula is C68H44N2O. The molecule has 0 bridgehead atoms. The highest BCUT2D eigenvalue weighted by Crippen LogP contribution is 2.42. The highest BCUT2D eigenvalue weighted by atomic mass is 16.3. The van der Waals surface area contributed by atoms with Crippen molar-refractivity contribution in [2.75, 3.05) is 4.90 Å². The number of anilines is 3. The fourth-order valence-electron chi connectivity index (χ4n) is 11.0. The molecule has 3 nitrogen and oxygen atoms in total. The van der Waals surface area contributed by atoms with Crippen molar-refractivity contribution in [1.82, 2.24) is 4.57 Å². The molecule has 0 radical (unpaired) electrons. The van der Waals surface area contributed by atoms with E-state index in [4.69, 9.17) is 4.42 Å². The molecule has 71 heavy (non-hydrogen) atoms. The second-order valence-electron chi connectivity index (χ2n) is 18.5. The molecule has 0 N–H and O–H groups in total. The number of hydrogen-bond acceptors (Lipinski definition) is 2. The zero-order valence-electron chi connectivity index (χ0n) is 38.7. The Bertz CT molecular complexity index is 4290. The zero-order valence-corrected chi connectivity index (χ0v) is 38.7. The summed E-state index contributed by atoms with van der Waals surface area (Å²) < 4.78 is 8.68. The van der Waals surface area contributed by atoms with Gasteiger partial charge >= 0.3 is 0 Å². The maximum absolute atomic E-state index is 6.30. The van der Waals surface area contributed by atoms with Crippen molar-refractivity contribution in [3.63, 3.8) is 0 Å². The number of nitrogens with zero attached hydrogens (tertiary/aromatic N) is 2. The van der Waals surface area contributed by atoms with E-state index in [1.165, 1.54) is 71.2 Å². The first-order valence-electron chi connectivity index (χ1n) is 24.3. The summed E-state index contributed by atoms with van der Waals surface area (Å²) in [5, 5.41) is 9.79. The summed E-state index contributed by atoms with van der Waals surface area (Å²) in [5.41, 5.74) is 17.9. The van der Waals surface area contributed by atoms with E-state index in [1.807, 2.05) is 12.1 Å². The van der Waals surface area contributed by atoms with E-state index in [9.17, 15) is 0 Å². The average molecular weight is 905 g/mol. The maximum atomic E-state index is 6.30. The van der Waals surface area contributed by atoms with Crippen molar-refractivity contribution in [1.29, 1.82) is 0 Å². The van der Waals surface area contributed by atoms with E-state index in [0.29, 0.717) is 0 Å². The third kappa shape index (κ3) is 6.97. The topological polar surface area (TPSA) is 21.3 Å². The summed E-state index contributed by atoms with van der Waals surface area (Å²) in [6.07, 6.45) is 0. The molecule has 0 atom stereocenters. The van der Waals surface area contributed by atoms with Crippen molar-refractivity contribution in [2.45, 2.75) is 0 Å². The van der Waals surface area contributed by atoms with E-state index < -0.39 is 0 Å². The van der Waals surface area contributed by atoms with Crippen molar-refractivity contribution in [3.05, 3.63) is 267 Å². The Kier molecular flexibility index (Phi) is 9.53. The largest absolute Gasteiger partial charge is 0.456 e. The predicted octanol–water partition coefficient (Wildman–Crippen LogP) is 19.1. The highest BCUT2D eigenvalue weighted by molar-refractivity contribution is 6.14. The minimum absolute atomic E-state index is 0.894. The molecule has 0 amide bonds. The lowest BCUT2D eigenvalue weighted by Gasteiger charge is -2.26. The Hall–Kier alpha value is -9.44. The summed E-state index contributed by atoms with van der Waals surface area (Å²) >= 11 is 0. The van der Waals surface area contributed by atoms with Crippen LogP contribution < -0.4 is 4.90 Å². The Labute approximate surface area is 411 Å². The molecule has 0 fully saturated rings. The van der Waals surface area contributed by atoms with Crippen LogP contribution in [-0.4, -0.2) is 4.57 Å². The van der Waals surface area contributed by atoms with Gasteiger partial charge in [-0.25, -0.2) is 0 Å². The lowest BCUT2D eigenvalue weighted by molar-refractivity contribution is 0.669. The molecule has 2 heterocycles. The Morgan fingerprint density at radius 2 is 0.775 bits per heavy atom. The molecule has 0 saturated carbocycles. The minimum Gasteiger partial charge on any atom is -0.456 e. The average Bonchev–Trinajstić information content (AvgIpc) is 3.99. The monoisotopic (exact) mass is 904 g/mol. The SMILES string of the molecule is c1cc(-c2ccc(N(c3ccc(-c4ccc5c(c4)oc4ccccc45)cc3)c3cccc(-c4cc5ccccc5c5ccccc45)c3)cc2)cc(-c2cccc(-n3c4ccccc4c4ccccc43)c2)c1. The fourth-order valence-corrected chi connectivity index (χ4v) is 11.0. The molecular weight excluding hydrogens is 861 g/mol. The van der Waals surface area contributed by atoms with Gasteiger partial charge < -0.3 is 13.9 Å². The van der Waals surface area contributed by atoms with Gasteiger partial charge in [-0.3, -0.25) is 0 Å². The standard InChI is InChI=1S/C68H44N2O/c1-2-21-57-52(14-1)43-64(59-23-4-3-22-58(57)59)51-18-13-19-55(42-51)69(54-37-32-46(33-38-54)50-34-39-63-62-26-7-10-29-67(62)71-68(63)44-50)53-35-30-45(31-36-53)47-15-11-16-48(40-47)49-17-12-20-56(41-49)70-65-27-8-5-24-60(65)61-25-6-9-28-66(61)70/h1-44H. The maximum Gasteiger partial charge on any atom is 0.136 e. The van der Waals surface area contributed by atoms with Gasteiger partial charge in [0.1, 0.15) is 11.2 Å². The van der Waals surface area contributed by atoms with Crippen molar-refractivity contribution < 1.29 is 4.42 Å². The summed E-state index contributed by atoms with van der Waals surface area (Å²) in [6.45, 7) is 0. The third-order valence-electron chi connectivity index (χ3n) is 14.4. The second-order valence-corrected chi connectivity index (χ2v) is 18.5. The van der Waals surface area contributed by atoms with E-state index in [2.05, 4.69) is 264 Å². The van der Waals surface area contributed by atoms with Crippen molar-refractivity contribution in [3.8, 4) is 50.2 Å². The highest BCUT2D eigenvalue weighted by Gasteiger charge is 2.18. The zero-order chi connectivity index (χ0) is 46.8. The number of para-hydroxylation sites is 3. The Balaban J connectivity index is 0.841. The smallest absolute Gasteiger partial charge is 0.136 e. The molecule has 0 unspecified atom stereocenters. The molecule has 14 rings (SSSR count). The molecule has 332 valence electrons. The number of aromatic nitrogens is 1. The van der Waals surface area contributed by atoms with E-state index in [0.717, 1.165) is 61.4 Å². The van der Waals surface area contributed by atoms with Gasteiger partial charge in [-0.15, -0.1) is 0 Å². The predicted molar refractivity (Wildman–Crippen MR) is 299 cm³/mol. The summed E-state index contributed by atoms with van der Waals surface area (Å²) in [5.74, 6) is 0. The van der Waals surface area contributed by atoms with Crippen LogP contribution in [-0.2, 0) is 0 Å². The van der Waals surface area contributed by atoms with Crippen LogP contribution >= 0.6 is 0 Å². The van der Waals surface area contributed by atoms with E-state index in [1.54, 1.807) is 0 Å². The van der Waals surface area contributed by atoms with Gasteiger partial charge in [0.05, 0.1) is 11.0 Å². The van der Waals surface area contributed by atoms with Gasteiger partial charge in [0, 0.05) is 44.3 Å². The number of furan rings is 1. The van der Waals surface area contributed by atoms with Gasteiger partial charge in [0.2, 0.25) is 0 Å². The van der Waals surface area contributed by atoms with Crippen molar-refractivity contribution >= 4 is 82.4 Å². The molecule has 0 saturated heterocycles. The van der Waals surface area contributed by atoms with Gasteiger partial charge in [-0.05, 0) is 157 Å². The molecule has 0 aliphatic carbocycles. The van der Waals surface area contributed by atoms with Crippen LogP contribution in [0.5, 0.6) is 0 Å². The van der Waals surface area contributed by atoms with Crippen LogP contribution in [0.2, 0.25) is 0 Å². The first-order chi connectivity index (χ1) is 35.2. The minimum atomic E-state index is 0.894. The molecule has 14 aromatic rings. The number of rotatable bonds is 8. The van der Waals surface area contributed by atoms with Crippen LogP contribution in [0.25, 0.3) is 115 Å². The third-order valence-corrected chi connectivity index (χ3v) is 14.4. The van der Waals surface area contributed by atoms with Crippen LogP contribution in [0.3, 0.4) is 0 Å². The molecule has 12 aromatic carbocycles. The quantitative estimate of drug-likeness (QED) is 0.142. The lowest BCUT2D eigenvalue weighted by Crippen LogP contribution is -2.10. The molecule has 0 aliphatic rings. The normalized spacial score (nSPS) is 11.7. The molecule has 2 aromatic heterocycles. The lowest BCUT2D eigenvalue weighted by atomic mass is 9.93. The van der Waals surface area contributed by atoms with Gasteiger partial charge in [-0.1, -0.05) is 176 Å². The van der Waals surface area contributed by atoms with Crippen LogP contribution in [0.15, 0.2) is 271 Å². The van der Waals surface area contributed by atoms with E-state index in [-0.39, 0.29) is 0 Å². The fraction of sp³-hybridized carbons (Fsp3) is 0. The van der Waals surface area contributed by atoms with Crippen LogP contribution in [0.1, 0.15) is 0 Å². The second kappa shape index (κ2) is 16.7. The molecule has 3 heteroatoms.